The molecule has 1 saturated heterocycles. The van der Waals surface area contributed by atoms with Crippen molar-refractivity contribution in [2.75, 3.05) is 6.61 Å². The van der Waals surface area contributed by atoms with Crippen molar-refractivity contribution in [3.05, 3.63) is 60.2 Å². The number of carbonyl (C=O) groups excluding carboxylic acids is 2. The number of allylic oxidation sites excluding steroid dienone is 1. The molecule has 2 unspecified atom stereocenters. The highest BCUT2D eigenvalue weighted by Gasteiger charge is 2.54. The molecule has 5 rings (SSSR count). The number of cyclic esters (lactones) is 1. The van der Waals surface area contributed by atoms with Crippen LogP contribution in [0.4, 0.5) is 9.18 Å². The van der Waals surface area contributed by atoms with Crippen LogP contribution in [-0.2, 0) is 14.3 Å². The second kappa shape index (κ2) is 10.4. The third-order valence-corrected chi connectivity index (χ3v) is 8.18. The number of pyridine rings is 1. The van der Waals surface area contributed by atoms with E-state index >= 15 is 0 Å². The van der Waals surface area contributed by atoms with Gasteiger partial charge in [0.05, 0.1) is 18.2 Å². The molecule has 0 radical (unpaired) electrons. The lowest BCUT2D eigenvalue weighted by Crippen LogP contribution is -2.48. The summed E-state index contributed by atoms with van der Waals surface area (Å²) in [5, 5.41) is 3.00. The number of hydrogen-bond donors (Lipinski definition) is 1. The molecule has 36 heavy (non-hydrogen) atoms. The summed E-state index contributed by atoms with van der Waals surface area (Å²) in [6, 6.07) is 10.4. The number of carbonyl (C=O) groups is 2. The average Bonchev–Trinajstić information content (AvgIpc) is 3.15. The fourth-order valence-corrected chi connectivity index (χ4v) is 6.64. The summed E-state index contributed by atoms with van der Waals surface area (Å²) >= 11 is 0. The normalized spacial score (nSPS) is 31.4. The lowest BCUT2D eigenvalue weighted by Gasteiger charge is -2.47. The molecule has 190 valence electrons. The molecule has 1 amide bonds. The van der Waals surface area contributed by atoms with Gasteiger partial charge in [0.15, 0.2) is 0 Å². The zero-order chi connectivity index (χ0) is 25.2. The van der Waals surface area contributed by atoms with Gasteiger partial charge in [-0.2, -0.15) is 0 Å². The largest absolute Gasteiger partial charge is 0.462 e. The first-order valence-electron chi connectivity index (χ1n) is 13.0. The number of benzene rings is 1. The number of halogens is 1. The highest BCUT2D eigenvalue weighted by molar-refractivity contribution is 5.75. The summed E-state index contributed by atoms with van der Waals surface area (Å²) < 4.78 is 24.3. The summed E-state index contributed by atoms with van der Waals surface area (Å²) in [6.45, 7) is 4.15. The number of esters is 1. The monoisotopic (exact) mass is 492 g/mol. The number of amides is 1. The molecular weight excluding hydrogens is 459 g/mol. The average molecular weight is 493 g/mol. The van der Waals surface area contributed by atoms with E-state index in [0.717, 1.165) is 42.5 Å². The Morgan fingerprint density at radius 2 is 2.08 bits per heavy atom. The number of ether oxygens (including phenoxy) is 2. The Morgan fingerprint density at radius 3 is 2.83 bits per heavy atom. The maximum atomic E-state index is 13.6. The van der Waals surface area contributed by atoms with E-state index < -0.39 is 0 Å². The van der Waals surface area contributed by atoms with Gasteiger partial charge in [-0.1, -0.05) is 24.3 Å². The molecule has 2 saturated carbocycles. The number of alkyl carbamates (subject to hydrolysis) is 1. The third kappa shape index (κ3) is 5.01. The van der Waals surface area contributed by atoms with Crippen LogP contribution in [0, 0.1) is 35.4 Å². The van der Waals surface area contributed by atoms with E-state index in [1.807, 2.05) is 31.2 Å². The molecule has 7 heteroatoms. The molecule has 2 aromatic rings. The molecule has 3 aliphatic rings. The van der Waals surface area contributed by atoms with Crippen LogP contribution in [0.3, 0.4) is 0 Å². The zero-order valence-corrected chi connectivity index (χ0v) is 20.7. The standard InChI is InChI=1S/C29H33FN2O4/c1-3-35-29(34)32-23-10-11-24-20(14-23)15-26-27(17(2)36-28(26)33)25(24)12-9-22-8-7-19(16-31-22)18-5-4-6-21(30)13-18/h4-9,12-13,16-17,20,23-27H,3,10-11,14-15H2,1-2H3,(H,32,34)/b12-9+/t17-,20+,23?,24-,25+,26?,27+/m1/s1. The minimum absolute atomic E-state index is 0.0679. The van der Waals surface area contributed by atoms with Crippen molar-refractivity contribution in [1.82, 2.24) is 10.3 Å². The van der Waals surface area contributed by atoms with Gasteiger partial charge < -0.3 is 14.8 Å². The summed E-state index contributed by atoms with van der Waals surface area (Å²) in [4.78, 5) is 29.2. The van der Waals surface area contributed by atoms with E-state index in [4.69, 9.17) is 9.47 Å². The van der Waals surface area contributed by atoms with Crippen molar-refractivity contribution in [1.29, 1.82) is 0 Å². The molecule has 2 heterocycles. The molecule has 1 aromatic carbocycles. The Balaban J connectivity index is 1.34. The molecule has 0 spiro atoms. The number of aromatic nitrogens is 1. The van der Waals surface area contributed by atoms with Gasteiger partial charge in [0, 0.05) is 23.7 Å². The van der Waals surface area contributed by atoms with E-state index in [9.17, 15) is 14.0 Å². The van der Waals surface area contributed by atoms with Crippen LogP contribution >= 0.6 is 0 Å². The number of nitrogens with one attached hydrogen (secondary N) is 1. The first kappa shape index (κ1) is 24.5. The van der Waals surface area contributed by atoms with Crippen LogP contribution in [0.5, 0.6) is 0 Å². The van der Waals surface area contributed by atoms with Crippen molar-refractivity contribution in [3.63, 3.8) is 0 Å². The van der Waals surface area contributed by atoms with Crippen LogP contribution in [0.1, 0.15) is 45.2 Å². The van der Waals surface area contributed by atoms with E-state index in [-0.39, 0.29) is 47.8 Å². The van der Waals surface area contributed by atoms with Crippen LogP contribution in [-0.4, -0.2) is 35.8 Å². The quantitative estimate of drug-likeness (QED) is 0.548. The predicted molar refractivity (Wildman–Crippen MR) is 134 cm³/mol. The number of fused-ring (bicyclic) bond motifs is 2. The Morgan fingerprint density at radius 1 is 1.22 bits per heavy atom. The first-order valence-corrected chi connectivity index (χ1v) is 13.0. The molecule has 3 fully saturated rings. The molecule has 6 nitrogen and oxygen atoms in total. The third-order valence-electron chi connectivity index (χ3n) is 8.18. The Hall–Kier alpha value is -3.22. The molecular formula is C29H33FN2O4. The fraction of sp³-hybridized carbons (Fsp3) is 0.483. The summed E-state index contributed by atoms with van der Waals surface area (Å²) in [6.07, 6.45) is 9.07. The van der Waals surface area contributed by atoms with Gasteiger partial charge in [-0.25, -0.2) is 9.18 Å². The SMILES string of the molecule is CCOC(=O)NC1CC[C@@H]2[C@@H](C1)CC1C(=O)O[C@H](C)[C@H]1[C@H]2/C=C/c1ccc(-c2cccc(F)c2)cn1. The Labute approximate surface area is 211 Å². The Kier molecular flexibility index (Phi) is 7.08. The van der Waals surface area contributed by atoms with Crippen molar-refractivity contribution >= 4 is 18.1 Å². The highest BCUT2D eigenvalue weighted by Crippen LogP contribution is 2.53. The summed E-state index contributed by atoms with van der Waals surface area (Å²) in [7, 11) is 0. The topological polar surface area (TPSA) is 77.5 Å². The van der Waals surface area contributed by atoms with E-state index in [1.54, 1.807) is 19.2 Å². The van der Waals surface area contributed by atoms with E-state index in [2.05, 4.69) is 16.4 Å². The second-order valence-corrected chi connectivity index (χ2v) is 10.3. The van der Waals surface area contributed by atoms with Gasteiger partial charge >= 0.3 is 12.1 Å². The lowest BCUT2D eigenvalue weighted by atomic mass is 9.57. The van der Waals surface area contributed by atoms with Gasteiger partial charge in [0.2, 0.25) is 0 Å². The van der Waals surface area contributed by atoms with E-state index in [0.29, 0.717) is 18.4 Å². The van der Waals surface area contributed by atoms with Crippen molar-refractivity contribution in [2.24, 2.45) is 29.6 Å². The highest BCUT2D eigenvalue weighted by atomic mass is 19.1. The van der Waals surface area contributed by atoms with Crippen molar-refractivity contribution in [2.45, 2.75) is 51.7 Å². The van der Waals surface area contributed by atoms with Crippen LogP contribution in [0.15, 0.2) is 48.7 Å². The maximum Gasteiger partial charge on any atom is 0.407 e. The molecule has 1 N–H and O–H groups in total. The van der Waals surface area contributed by atoms with Crippen LogP contribution in [0.25, 0.3) is 17.2 Å². The number of rotatable bonds is 5. The second-order valence-electron chi connectivity index (χ2n) is 10.3. The predicted octanol–water partition coefficient (Wildman–Crippen LogP) is 5.63. The van der Waals surface area contributed by atoms with Gasteiger partial charge in [-0.05, 0) is 87.1 Å². The minimum atomic E-state index is -0.368. The van der Waals surface area contributed by atoms with Crippen LogP contribution in [0.2, 0.25) is 0 Å². The number of hydrogen-bond acceptors (Lipinski definition) is 5. The minimum Gasteiger partial charge on any atom is -0.462 e. The van der Waals surface area contributed by atoms with Crippen molar-refractivity contribution < 1.29 is 23.5 Å². The van der Waals surface area contributed by atoms with Crippen LogP contribution < -0.4 is 5.32 Å². The summed E-state index contributed by atoms with van der Waals surface area (Å²) in [5.74, 6) is 0.629. The van der Waals surface area contributed by atoms with Crippen molar-refractivity contribution in [3.8, 4) is 11.1 Å². The first-order chi connectivity index (χ1) is 17.4. The van der Waals surface area contributed by atoms with Gasteiger partial charge in [-0.15, -0.1) is 0 Å². The smallest absolute Gasteiger partial charge is 0.407 e. The molecule has 0 bridgehead atoms. The van der Waals surface area contributed by atoms with Gasteiger partial charge in [-0.3, -0.25) is 9.78 Å². The Bertz CT molecular complexity index is 1130. The molecule has 2 aliphatic carbocycles. The molecule has 1 aromatic heterocycles. The number of nitrogens with zero attached hydrogens (tertiary/aromatic N) is 1. The van der Waals surface area contributed by atoms with Gasteiger partial charge in [0.1, 0.15) is 11.9 Å². The maximum absolute atomic E-state index is 13.6. The molecule has 7 atom stereocenters. The summed E-state index contributed by atoms with van der Waals surface area (Å²) in [5.41, 5.74) is 2.48. The molecule has 1 aliphatic heterocycles. The lowest BCUT2D eigenvalue weighted by molar-refractivity contribution is -0.144. The fourth-order valence-electron chi connectivity index (χ4n) is 6.64. The van der Waals surface area contributed by atoms with Gasteiger partial charge in [0.25, 0.3) is 0 Å². The zero-order valence-electron chi connectivity index (χ0n) is 20.7. The van der Waals surface area contributed by atoms with E-state index in [1.165, 1.54) is 12.1 Å².